The first-order valence-corrected chi connectivity index (χ1v) is 8.90. The zero-order chi connectivity index (χ0) is 17.4. The van der Waals surface area contributed by atoms with Gasteiger partial charge in [0, 0.05) is 10.7 Å². The molecule has 2 aliphatic rings. The van der Waals surface area contributed by atoms with E-state index in [1.54, 1.807) is 24.3 Å². The van der Waals surface area contributed by atoms with Gasteiger partial charge in [-0.2, -0.15) is 0 Å². The Hall–Kier alpha value is -1.90. The highest BCUT2D eigenvalue weighted by Crippen LogP contribution is 2.42. The molecule has 4 atom stereocenters. The van der Waals surface area contributed by atoms with Crippen LogP contribution < -0.4 is 11.1 Å². The van der Waals surface area contributed by atoms with Crippen LogP contribution in [0.4, 0.5) is 4.79 Å². The van der Waals surface area contributed by atoms with Crippen molar-refractivity contribution in [3.05, 3.63) is 35.9 Å². The molecule has 2 amide bonds. The molecule has 0 bridgehead atoms. The quantitative estimate of drug-likeness (QED) is 0.423. The van der Waals surface area contributed by atoms with Gasteiger partial charge in [0.25, 0.3) is 5.91 Å². The fourth-order valence-electron chi connectivity index (χ4n) is 2.88. The summed E-state index contributed by atoms with van der Waals surface area (Å²) >= 11 is 5.97. The molecule has 0 radical (unpaired) electrons. The van der Waals surface area contributed by atoms with Gasteiger partial charge in [-0.3, -0.25) is 13.9 Å². The molecule has 1 aromatic carbocycles. The summed E-state index contributed by atoms with van der Waals surface area (Å²) in [5.41, 5.74) is 6.56. The van der Waals surface area contributed by atoms with Gasteiger partial charge in [-0.05, 0) is 18.4 Å². The molecule has 0 saturated carbocycles. The normalized spacial score (nSPS) is 27.1. The summed E-state index contributed by atoms with van der Waals surface area (Å²) in [6.45, 7) is 0. The van der Waals surface area contributed by atoms with E-state index in [0.29, 0.717) is 18.4 Å². The lowest BCUT2D eigenvalue weighted by Crippen LogP contribution is -2.70. The Labute approximate surface area is 145 Å². The second-order valence-electron chi connectivity index (χ2n) is 5.55. The van der Waals surface area contributed by atoms with E-state index in [2.05, 4.69) is 5.32 Å². The Kier molecular flexibility index (Phi) is 4.62. The van der Waals surface area contributed by atoms with Gasteiger partial charge in [-0.1, -0.05) is 41.9 Å². The number of hydrogen-bond donors (Lipinski definition) is 3. The lowest BCUT2D eigenvalue weighted by molar-refractivity contribution is -0.145. The van der Waals surface area contributed by atoms with E-state index in [4.69, 9.17) is 17.3 Å². The highest BCUT2D eigenvalue weighted by atomic mass is 35.5. The Morgan fingerprint density at radius 2 is 2.04 bits per heavy atom. The van der Waals surface area contributed by atoms with E-state index >= 15 is 0 Å². The molecule has 1 saturated heterocycles. The molecule has 4 N–H and O–H groups in total. The average molecular weight is 370 g/mol. The van der Waals surface area contributed by atoms with Crippen LogP contribution in [-0.4, -0.2) is 42.9 Å². The molecule has 2 aliphatic heterocycles. The number of amides is 2. The van der Waals surface area contributed by atoms with Crippen LogP contribution in [-0.2, 0) is 9.59 Å². The minimum atomic E-state index is -1.44. The molecule has 128 valence electrons. The number of nitrogens with one attached hydrogen (secondary N) is 1. The first-order valence-electron chi connectivity index (χ1n) is 7.34. The van der Waals surface area contributed by atoms with Crippen LogP contribution in [0.15, 0.2) is 30.3 Å². The summed E-state index contributed by atoms with van der Waals surface area (Å²) in [6.07, 6.45) is 0.926. The molecule has 2 heterocycles. The number of hydrogen-bond acceptors (Lipinski definition) is 4. The smallest absolute Gasteiger partial charge is 0.379 e. The first-order chi connectivity index (χ1) is 11.4. The number of benzene rings is 1. The van der Waals surface area contributed by atoms with Crippen LogP contribution in [0, 0.1) is 0 Å². The molecule has 0 spiro atoms. The summed E-state index contributed by atoms with van der Waals surface area (Å²) in [5.74, 6) is -0.896. The first kappa shape index (κ1) is 16.9. The second-order valence-corrected chi connectivity index (χ2v) is 8.04. The van der Waals surface area contributed by atoms with Gasteiger partial charge in [-0.25, -0.2) is 4.79 Å². The number of fused-ring (bicyclic) bond motifs is 1. The van der Waals surface area contributed by atoms with Crippen LogP contribution in [0.1, 0.15) is 24.4 Å². The second kappa shape index (κ2) is 6.54. The van der Waals surface area contributed by atoms with E-state index in [1.807, 2.05) is 6.07 Å². The molecule has 24 heavy (non-hydrogen) atoms. The highest BCUT2D eigenvalue weighted by Gasteiger charge is 2.53. The number of rotatable bonds is 3. The van der Waals surface area contributed by atoms with Gasteiger partial charge >= 0.3 is 5.30 Å². The summed E-state index contributed by atoms with van der Waals surface area (Å²) in [4.78, 5) is 35.9. The van der Waals surface area contributed by atoms with Gasteiger partial charge < -0.3 is 16.2 Å². The molecule has 0 aromatic heterocycles. The van der Waals surface area contributed by atoms with Crippen molar-refractivity contribution < 1.29 is 19.5 Å². The molecular formula is C15H16ClN3O4S. The predicted octanol–water partition coefficient (Wildman–Crippen LogP) is 1.41. The van der Waals surface area contributed by atoms with Gasteiger partial charge in [0.1, 0.15) is 12.1 Å². The fraction of sp³-hybridized carbons (Fsp3) is 0.333. The van der Waals surface area contributed by atoms with E-state index in [9.17, 15) is 19.5 Å². The lowest BCUT2D eigenvalue weighted by atomic mass is 9.93. The molecular weight excluding hydrogens is 354 g/mol. The number of β-lactam (4-membered cyclic amide) rings is 1. The van der Waals surface area contributed by atoms with Crippen molar-refractivity contribution in [1.29, 1.82) is 0 Å². The zero-order valence-electron chi connectivity index (χ0n) is 12.5. The number of carbonyl (C=O) groups is 3. The van der Waals surface area contributed by atoms with Crippen LogP contribution >= 0.6 is 22.3 Å². The minimum absolute atomic E-state index is 0.262. The summed E-state index contributed by atoms with van der Waals surface area (Å²) in [6, 6.07) is 6.85. The molecule has 1 unspecified atom stereocenters. The highest BCUT2D eigenvalue weighted by molar-refractivity contribution is 8.28. The van der Waals surface area contributed by atoms with Crippen molar-refractivity contribution in [1.82, 2.24) is 9.62 Å². The molecule has 7 nitrogen and oxygen atoms in total. The zero-order valence-corrected chi connectivity index (χ0v) is 14.1. The van der Waals surface area contributed by atoms with Gasteiger partial charge in [-0.15, -0.1) is 0 Å². The van der Waals surface area contributed by atoms with Crippen LogP contribution in [0.25, 0.3) is 0 Å². The Morgan fingerprint density at radius 1 is 1.38 bits per heavy atom. The van der Waals surface area contributed by atoms with Crippen LogP contribution in [0.2, 0.25) is 0 Å². The minimum Gasteiger partial charge on any atom is -0.472 e. The molecule has 9 heteroatoms. The van der Waals surface area contributed by atoms with Crippen molar-refractivity contribution in [2.75, 3.05) is 0 Å². The number of halogens is 1. The summed E-state index contributed by atoms with van der Waals surface area (Å²) in [7, 11) is -1.44. The van der Waals surface area contributed by atoms with Gasteiger partial charge in [0.15, 0.2) is 0 Å². The van der Waals surface area contributed by atoms with Crippen molar-refractivity contribution in [3.63, 3.8) is 0 Å². The number of nitrogens with zero attached hydrogens (tertiary/aromatic N) is 1. The van der Waals surface area contributed by atoms with E-state index in [1.165, 1.54) is 4.31 Å². The van der Waals surface area contributed by atoms with Gasteiger partial charge in [0.2, 0.25) is 5.91 Å². The third-order valence-corrected chi connectivity index (χ3v) is 6.54. The number of carbonyl (C=O) groups excluding carboxylic acids is 2. The van der Waals surface area contributed by atoms with Gasteiger partial charge in [0.05, 0.1) is 10.4 Å². The number of carboxylic acid groups (broad SMARTS) is 1. The Morgan fingerprint density at radius 3 is 2.67 bits per heavy atom. The SMILES string of the molecule is N[C@@H](C(=O)N[C@H]1C(=O)N2[C@@H]1CCC(Cl)=S2C(=O)O)c1ccccc1. The standard InChI is InChI=1S/C15H16ClN3O4S/c16-10-7-6-9-12(14(21)19(9)24(10)15(22)23)18-13(20)11(17)8-4-2-1-3-5-8/h1-5,9,11-12H,6-7,17H2,(H,18,20)(H,22,23)/t9-,11-,12-,24?/m1/s1. The predicted molar refractivity (Wildman–Crippen MR) is 91.6 cm³/mol. The van der Waals surface area contributed by atoms with E-state index < -0.39 is 39.9 Å². The molecule has 3 rings (SSSR count). The van der Waals surface area contributed by atoms with Crippen molar-refractivity contribution in [3.8, 4) is 0 Å². The maximum Gasteiger partial charge on any atom is 0.379 e. The van der Waals surface area contributed by atoms with Crippen molar-refractivity contribution in [2.45, 2.75) is 31.0 Å². The molecule has 0 aliphatic carbocycles. The van der Waals surface area contributed by atoms with E-state index in [-0.39, 0.29) is 10.4 Å². The third-order valence-electron chi connectivity index (χ3n) is 4.12. The van der Waals surface area contributed by atoms with Crippen LogP contribution in [0.3, 0.4) is 0 Å². The fourth-order valence-corrected chi connectivity index (χ4v) is 5.09. The van der Waals surface area contributed by atoms with Crippen molar-refractivity contribution >= 4 is 43.7 Å². The van der Waals surface area contributed by atoms with Crippen LogP contribution in [0.5, 0.6) is 0 Å². The maximum absolute atomic E-state index is 12.3. The number of nitrogens with two attached hydrogens (primary N) is 1. The lowest BCUT2D eigenvalue weighted by Gasteiger charge is -2.49. The molecule has 1 fully saturated rings. The topological polar surface area (TPSA) is 113 Å². The molecule has 1 aromatic rings. The summed E-state index contributed by atoms with van der Waals surface area (Å²) < 4.78 is 1.52. The largest absolute Gasteiger partial charge is 0.472 e. The summed E-state index contributed by atoms with van der Waals surface area (Å²) in [5, 5.41) is 10.8. The van der Waals surface area contributed by atoms with Crippen molar-refractivity contribution in [2.24, 2.45) is 5.73 Å². The third kappa shape index (κ3) is 2.81. The van der Waals surface area contributed by atoms with E-state index in [0.717, 1.165) is 0 Å². The average Bonchev–Trinajstić information content (AvgIpc) is 2.59. The Balaban J connectivity index is 1.71. The Bertz CT molecular complexity index is 739. The monoisotopic (exact) mass is 369 g/mol. The maximum atomic E-state index is 12.3.